The smallest absolute Gasteiger partial charge is 0.375 e. The average molecular weight is 204 g/mol. The van der Waals surface area contributed by atoms with Gasteiger partial charge in [0.05, 0.1) is 0 Å². The van der Waals surface area contributed by atoms with Crippen LogP contribution in [0.25, 0.3) is 0 Å². The van der Waals surface area contributed by atoms with Crippen molar-refractivity contribution >= 4 is 17.6 Å². The van der Waals surface area contributed by atoms with Crippen molar-refractivity contribution in [2.45, 2.75) is 0 Å². The lowest BCUT2D eigenvalue weighted by Gasteiger charge is -2.45. The third kappa shape index (κ3) is 1.32. The van der Waals surface area contributed by atoms with Gasteiger partial charge in [0.2, 0.25) is 0 Å². The first kappa shape index (κ1) is 9.84. The van der Waals surface area contributed by atoms with Crippen LogP contribution in [0.15, 0.2) is 24.6 Å². The third-order valence-electron chi connectivity index (χ3n) is 1.64. The number of hydrogen-bond acceptors (Lipinski definition) is 4. The Balaban J connectivity index is 2.64. The van der Waals surface area contributed by atoms with Gasteiger partial charge in [0.25, 0.3) is 0 Å². The number of rotatable bonds is 4. The summed E-state index contributed by atoms with van der Waals surface area (Å²) < 4.78 is 21.1. The van der Waals surface area contributed by atoms with Gasteiger partial charge in [0, 0.05) is 14.2 Å². The van der Waals surface area contributed by atoms with Crippen molar-refractivity contribution in [2.75, 3.05) is 14.2 Å². The summed E-state index contributed by atoms with van der Waals surface area (Å²) in [6, 6.07) is 0. The van der Waals surface area contributed by atoms with Gasteiger partial charge in [-0.1, -0.05) is 13.2 Å². The topological polar surface area (TPSA) is 36.9 Å². The molecule has 0 atom stereocenters. The van der Waals surface area contributed by atoms with Crippen LogP contribution in [-0.4, -0.2) is 31.8 Å². The fourth-order valence-corrected chi connectivity index (χ4v) is 7.14. The Kier molecular flexibility index (Phi) is 2.66. The first-order valence-corrected chi connectivity index (χ1v) is 7.04. The monoisotopic (exact) mass is 204 g/mol. The fraction of sp³-hybridized carbons (Fsp3) is 0.333. The quantitative estimate of drug-likeness (QED) is 0.630. The Hall–Kier alpha value is -0.246. The first-order valence-electron chi connectivity index (χ1n) is 3.44. The van der Waals surface area contributed by atoms with Crippen LogP contribution in [0.5, 0.6) is 0 Å². The van der Waals surface area contributed by atoms with Gasteiger partial charge in [-0.05, 0) is 11.4 Å². The molecule has 0 aromatic rings. The van der Waals surface area contributed by atoms with Crippen LogP contribution in [-0.2, 0) is 17.1 Å². The Morgan fingerprint density at radius 2 is 1.33 bits per heavy atom. The minimum atomic E-state index is -2.54. The molecule has 0 spiro atoms. The summed E-state index contributed by atoms with van der Waals surface area (Å²) in [5, 5.41) is 0. The van der Waals surface area contributed by atoms with Crippen LogP contribution in [0, 0.1) is 0 Å². The van der Waals surface area contributed by atoms with E-state index < -0.39 is 17.6 Å². The van der Waals surface area contributed by atoms with E-state index in [-0.39, 0.29) is 0 Å². The molecule has 0 aromatic carbocycles. The van der Waals surface area contributed by atoms with Gasteiger partial charge in [-0.3, -0.25) is 0 Å². The summed E-state index contributed by atoms with van der Waals surface area (Å²) in [5.41, 5.74) is 3.14. The minimum Gasteiger partial charge on any atom is -0.375 e. The lowest BCUT2D eigenvalue weighted by molar-refractivity contribution is 0.0566. The third-order valence-corrected chi connectivity index (χ3v) is 8.33. The van der Waals surface area contributed by atoms with Gasteiger partial charge < -0.3 is 17.1 Å². The first-order chi connectivity index (χ1) is 5.66. The van der Waals surface area contributed by atoms with E-state index in [2.05, 4.69) is 13.2 Å². The highest BCUT2D eigenvalue weighted by atomic mass is 28.5. The Morgan fingerprint density at radius 3 is 1.50 bits per heavy atom. The zero-order chi connectivity index (χ0) is 9.24. The van der Waals surface area contributed by atoms with Crippen LogP contribution in [0.4, 0.5) is 0 Å². The van der Waals surface area contributed by atoms with Crippen LogP contribution < -0.4 is 0 Å². The van der Waals surface area contributed by atoms with Crippen LogP contribution in [0.3, 0.4) is 0 Å². The van der Waals surface area contributed by atoms with Gasteiger partial charge in [0.15, 0.2) is 0 Å². The van der Waals surface area contributed by atoms with E-state index in [0.717, 1.165) is 0 Å². The molecule has 0 aromatic heterocycles. The molecule has 1 aliphatic heterocycles. The summed E-state index contributed by atoms with van der Waals surface area (Å²) in [4.78, 5) is 0. The van der Waals surface area contributed by atoms with Crippen LogP contribution in [0.2, 0.25) is 0 Å². The molecule has 0 amide bonds. The molecule has 1 heterocycles. The maximum absolute atomic E-state index is 5.49. The zero-order valence-electron chi connectivity index (χ0n) is 7.20. The minimum absolute atomic E-state index is 1.53. The van der Waals surface area contributed by atoms with Crippen molar-refractivity contribution in [3.05, 3.63) is 24.6 Å². The molecule has 0 radical (unpaired) electrons. The van der Waals surface area contributed by atoms with Gasteiger partial charge in [0.1, 0.15) is 0 Å². The molecule has 1 fully saturated rings. The molecular formula is C6H12O4Si2. The van der Waals surface area contributed by atoms with E-state index in [0.29, 0.717) is 0 Å². The molecule has 0 unspecified atom stereocenters. The Morgan fingerprint density at radius 1 is 1.00 bits per heavy atom. The van der Waals surface area contributed by atoms with Crippen molar-refractivity contribution in [1.82, 2.24) is 0 Å². The average Bonchev–Trinajstić information content (AvgIpc) is 2.07. The highest BCUT2D eigenvalue weighted by Gasteiger charge is 2.64. The van der Waals surface area contributed by atoms with Crippen molar-refractivity contribution in [3.63, 3.8) is 0 Å². The van der Waals surface area contributed by atoms with Gasteiger partial charge in [-0.25, -0.2) is 0 Å². The van der Waals surface area contributed by atoms with E-state index in [4.69, 9.17) is 17.1 Å². The fourth-order valence-electron chi connectivity index (χ4n) is 0.904. The van der Waals surface area contributed by atoms with Gasteiger partial charge in [-0.15, -0.1) is 0 Å². The summed E-state index contributed by atoms with van der Waals surface area (Å²) in [6.45, 7) is 7.16. The molecule has 6 heteroatoms. The molecule has 12 heavy (non-hydrogen) atoms. The van der Waals surface area contributed by atoms with Crippen molar-refractivity contribution in [1.29, 1.82) is 0 Å². The standard InChI is InChI=1S/C6H12O4Si2/c1-5-11(7-3)9-12(6-2,8-4)10-11/h5-6H,1-2H2,3-4H3. The molecular weight excluding hydrogens is 192 g/mol. The maximum atomic E-state index is 5.49. The highest BCUT2D eigenvalue weighted by molar-refractivity contribution is 6.93. The highest BCUT2D eigenvalue weighted by Crippen LogP contribution is 2.32. The van der Waals surface area contributed by atoms with Gasteiger partial charge >= 0.3 is 17.6 Å². The van der Waals surface area contributed by atoms with Crippen molar-refractivity contribution in [3.8, 4) is 0 Å². The second kappa shape index (κ2) is 3.25. The molecule has 4 nitrogen and oxygen atoms in total. The molecule has 0 saturated carbocycles. The van der Waals surface area contributed by atoms with Gasteiger partial charge in [-0.2, -0.15) is 0 Å². The second-order valence-corrected chi connectivity index (χ2v) is 7.91. The van der Waals surface area contributed by atoms with E-state index in [1.54, 1.807) is 11.4 Å². The zero-order valence-corrected chi connectivity index (χ0v) is 9.20. The van der Waals surface area contributed by atoms with E-state index >= 15 is 0 Å². The Bertz CT molecular complexity index is 180. The molecule has 1 aliphatic rings. The van der Waals surface area contributed by atoms with Crippen LogP contribution >= 0.6 is 0 Å². The normalized spacial score (nSPS) is 40.2. The molecule has 0 N–H and O–H groups in total. The SMILES string of the molecule is C=C[Si]1(OC)O[Si](C=C)(OC)O1. The summed E-state index contributed by atoms with van der Waals surface area (Å²) in [7, 11) is -2.01. The molecule has 0 bridgehead atoms. The lowest BCUT2D eigenvalue weighted by atomic mass is 11.3. The number of hydrogen-bond donors (Lipinski definition) is 0. The molecule has 68 valence electrons. The second-order valence-electron chi connectivity index (χ2n) is 2.23. The Labute approximate surface area is 74.1 Å². The predicted octanol–water partition coefficient (Wildman–Crippen LogP) is 0.654. The van der Waals surface area contributed by atoms with Crippen LogP contribution in [0.1, 0.15) is 0 Å². The predicted molar refractivity (Wildman–Crippen MR) is 48.1 cm³/mol. The van der Waals surface area contributed by atoms with Crippen molar-refractivity contribution < 1.29 is 17.1 Å². The van der Waals surface area contributed by atoms with E-state index in [9.17, 15) is 0 Å². The summed E-state index contributed by atoms with van der Waals surface area (Å²) in [6.07, 6.45) is 0. The summed E-state index contributed by atoms with van der Waals surface area (Å²) in [5.74, 6) is 0. The summed E-state index contributed by atoms with van der Waals surface area (Å²) >= 11 is 0. The van der Waals surface area contributed by atoms with E-state index in [1.165, 1.54) is 14.2 Å². The lowest BCUT2D eigenvalue weighted by Crippen LogP contribution is -2.71. The molecule has 0 aliphatic carbocycles. The maximum Gasteiger partial charge on any atom is 0.514 e. The molecule has 1 saturated heterocycles. The van der Waals surface area contributed by atoms with E-state index in [1.807, 2.05) is 0 Å². The van der Waals surface area contributed by atoms with Crippen molar-refractivity contribution in [2.24, 2.45) is 0 Å². The molecule has 1 rings (SSSR count). The largest absolute Gasteiger partial charge is 0.514 e.